The van der Waals surface area contributed by atoms with Crippen LogP contribution in [0.4, 0.5) is 0 Å². The zero-order valence-corrected chi connectivity index (χ0v) is 12.1. The van der Waals surface area contributed by atoms with E-state index in [9.17, 15) is 5.11 Å². The van der Waals surface area contributed by atoms with Crippen molar-refractivity contribution in [1.29, 1.82) is 0 Å². The maximum absolute atomic E-state index is 9.49. The second-order valence-corrected chi connectivity index (χ2v) is 4.90. The van der Waals surface area contributed by atoms with Crippen LogP contribution < -0.4 is 10.1 Å². The molecule has 106 valence electrons. The second-order valence-electron chi connectivity index (χ2n) is 4.50. The Bertz CT molecular complexity index is 545. The van der Waals surface area contributed by atoms with Crippen molar-refractivity contribution < 1.29 is 9.84 Å². The van der Waals surface area contributed by atoms with Gasteiger partial charge < -0.3 is 15.2 Å². The maximum Gasteiger partial charge on any atom is 0.137 e. The smallest absolute Gasteiger partial charge is 0.137 e. The van der Waals surface area contributed by atoms with Gasteiger partial charge in [0.05, 0.1) is 24.8 Å². The van der Waals surface area contributed by atoms with Gasteiger partial charge in [0.2, 0.25) is 0 Å². The van der Waals surface area contributed by atoms with E-state index >= 15 is 0 Å². The van der Waals surface area contributed by atoms with Crippen molar-refractivity contribution in [2.45, 2.75) is 12.6 Å². The molecule has 1 atom stereocenters. The zero-order valence-electron chi connectivity index (χ0n) is 11.3. The fraction of sp³-hybridized carbons (Fsp3) is 0.250. The number of rotatable bonds is 6. The summed E-state index contributed by atoms with van der Waals surface area (Å²) in [5.74, 6) is 0.664. The molecule has 0 saturated carbocycles. The maximum atomic E-state index is 9.49. The van der Waals surface area contributed by atoms with Crippen LogP contribution in [0.5, 0.6) is 5.75 Å². The molecule has 0 amide bonds. The van der Waals surface area contributed by atoms with Gasteiger partial charge in [0, 0.05) is 6.54 Å². The third-order valence-corrected chi connectivity index (χ3v) is 3.45. The molecule has 0 unspecified atom stereocenters. The Kier molecular flexibility index (Phi) is 5.41. The van der Waals surface area contributed by atoms with Crippen molar-refractivity contribution in [2.24, 2.45) is 0 Å². The first-order valence-electron chi connectivity index (χ1n) is 6.46. The summed E-state index contributed by atoms with van der Waals surface area (Å²) in [5, 5.41) is 13.4. The predicted molar refractivity (Wildman–Crippen MR) is 81.1 cm³/mol. The highest BCUT2D eigenvalue weighted by Gasteiger charge is 2.09. The van der Waals surface area contributed by atoms with Crippen LogP contribution in [0.3, 0.4) is 0 Å². The van der Waals surface area contributed by atoms with E-state index in [1.807, 2.05) is 48.5 Å². The van der Waals surface area contributed by atoms with E-state index in [1.54, 1.807) is 7.11 Å². The summed E-state index contributed by atoms with van der Waals surface area (Å²) in [6.45, 7) is 0.678. The van der Waals surface area contributed by atoms with Gasteiger partial charge in [0.25, 0.3) is 0 Å². The lowest BCUT2D eigenvalue weighted by atomic mass is 10.1. The first kappa shape index (κ1) is 14.9. The second kappa shape index (κ2) is 7.29. The summed E-state index contributed by atoms with van der Waals surface area (Å²) in [6.07, 6.45) is 0. The van der Waals surface area contributed by atoms with Gasteiger partial charge in [-0.1, -0.05) is 48.0 Å². The Hall–Kier alpha value is -1.55. The lowest BCUT2D eigenvalue weighted by Gasteiger charge is -2.17. The Morgan fingerprint density at radius 3 is 2.55 bits per heavy atom. The number of ether oxygens (including phenoxy) is 1. The highest BCUT2D eigenvalue weighted by atomic mass is 35.5. The van der Waals surface area contributed by atoms with Gasteiger partial charge in [-0.05, 0) is 23.3 Å². The third kappa shape index (κ3) is 3.73. The molecule has 0 bridgehead atoms. The highest BCUT2D eigenvalue weighted by Crippen LogP contribution is 2.25. The van der Waals surface area contributed by atoms with E-state index in [1.165, 1.54) is 0 Å². The summed E-state index contributed by atoms with van der Waals surface area (Å²) in [6, 6.07) is 15.5. The van der Waals surface area contributed by atoms with Crippen molar-refractivity contribution in [2.75, 3.05) is 13.7 Å². The van der Waals surface area contributed by atoms with Gasteiger partial charge in [0.15, 0.2) is 0 Å². The Balaban J connectivity index is 2.02. The van der Waals surface area contributed by atoms with E-state index in [0.717, 1.165) is 11.1 Å². The van der Waals surface area contributed by atoms with Gasteiger partial charge in [0.1, 0.15) is 5.75 Å². The van der Waals surface area contributed by atoms with Crippen molar-refractivity contribution in [3.63, 3.8) is 0 Å². The third-order valence-electron chi connectivity index (χ3n) is 3.15. The lowest BCUT2D eigenvalue weighted by Crippen LogP contribution is -2.23. The number of hydrogen-bond donors (Lipinski definition) is 2. The number of nitrogens with one attached hydrogen (secondary N) is 1. The normalized spacial score (nSPS) is 12.2. The molecule has 2 rings (SSSR count). The van der Waals surface area contributed by atoms with E-state index < -0.39 is 0 Å². The number of halogens is 1. The molecule has 0 aliphatic carbocycles. The van der Waals surface area contributed by atoms with Crippen LogP contribution in [-0.2, 0) is 6.54 Å². The molecule has 0 spiro atoms. The standard InChI is InChI=1S/C16H18ClNO2/c1-20-16-8-7-12(9-14(16)17)10-18-15(11-19)13-5-3-2-4-6-13/h2-9,15,18-19H,10-11H2,1H3/t15-/m1/s1. The minimum Gasteiger partial charge on any atom is -0.495 e. The number of aliphatic hydroxyl groups excluding tert-OH is 1. The number of methoxy groups -OCH3 is 1. The van der Waals surface area contributed by atoms with Crippen molar-refractivity contribution in [3.05, 3.63) is 64.7 Å². The minimum atomic E-state index is -0.0860. The van der Waals surface area contributed by atoms with Gasteiger partial charge in [-0.3, -0.25) is 0 Å². The quantitative estimate of drug-likeness (QED) is 0.859. The van der Waals surface area contributed by atoms with E-state index in [2.05, 4.69) is 5.32 Å². The predicted octanol–water partition coefficient (Wildman–Crippen LogP) is 3.17. The molecule has 0 aliphatic heterocycles. The molecule has 4 heteroatoms. The molecule has 0 aromatic heterocycles. The van der Waals surface area contributed by atoms with Gasteiger partial charge >= 0.3 is 0 Å². The van der Waals surface area contributed by atoms with E-state index in [-0.39, 0.29) is 12.6 Å². The van der Waals surface area contributed by atoms with Crippen LogP contribution in [0.1, 0.15) is 17.2 Å². The van der Waals surface area contributed by atoms with Crippen molar-refractivity contribution >= 4 is 11.6 Å². The average Bonchev–Trinajstić information content (AvgIpc) is 2.49. The first-order valence-corrected chi connectivity index (χ1v) is 6.84. The van der Waals surface area contributed by atoms with Gasteiger partial charge in [-0.25, -0.2) is 0 Å². The number of hydrogen-bond acceptors (Lipinski definition) is 3. The highest BCUT2D eigenvalue weighted by molar-refractivity contribution is 6.32. The molecule has 0 aliphatic rings. The topological polar surface area (TPSA) is 41.5 Å². The van der Waals surface area contributed by atoms with E-state index in [0.29, 0.717) is 17.3 Å². The molecule has 0 radical (unpaired) electrons. The molecule has 3 nitrogen and oxygen atoms in total. The molecular weight excluding hydrogens is 274 g/mol. The molecule has 0 saturated heterocycles. The molecule has 0 fully saturated rings. The summed E-state index contributed by atoms with van der Waals surface area (Å²) >= 11 is 6.09. The zero-order chi connectivity index (χ0) is 14.4. The van der Waals surface area contributed by atoms with Crippen LogP contribution in [0.2, 0.25) is 5.02 Å². The lowest BCUT2D eigenvalue weighted by molar-refractivity contribution is 0.243. The van der Waals surface area contributed by atoms with E-state index in [4.69, 9.17) is 16.3 Å². The van der Waals surface area contributed by atoms with Crippen molar-refractivity contribution in [1.82, 2.24) is 5.32 Å². The molecule has 2 aromatic carbocycles. The average molecular weight is 292 g/mol. The van der Waals surface area contributed by atoms with Crippen LogP contribution in [0, 0.1) is 0 Å². The molecular formula is C16H18ClNO2. The van der Waals surface area contributed by atoms with Gasteiger partial charge in [-0.2, -0.15) is 0 Å². The Morgan fingerprint density at radius 2 is 1.95 bits per heavy atom. The largest absolute Gasteiger partial charge is 0.495 e. The van der Waals surface area contributed by atoms with Crippen LogP contribution in [-0.4, -0.2) is 18.8 Å². The Morgan fingerprint density at radius 1 is 1.20 bits per heavy atom. The van der Waals surface area contributed by atoms with Crippen LogP contribution in [0.25, 0.3) is 0 Å². The summed E-state index contributed by atoms with van der Waals surface area (Å²) in [5.41, 5.74) is 2.11. The number of aliphatic hydroxyl groups is 1. The van der Waals surface area contributed by atoms with Crippen molar-refractivity contribution in [3.8, 4) is 5.75 Å². The fourth-order valence-corrected chi connectivity index (χ4v) is 2.31. The van der Waals surface area contributed by atoms with Gasteiger partial charge in [-0.15, -0.1) is 0 Å². The molecule has 0 heterocycles. The van der Waals surface area contributed by atoms with Crippen LogP contribution >= 0.6 is 11.6 Å². The minimum absolute atomic E-state index is 0.0495. The summed E-state index contributed by atoms with van der Waals surface area (Å²) < 4.78 is 5.12. The molecule has 2 aromatic rings. The first-order chi connectivity index (χ1) is 9.74. The number of benzene rings is 2. The monoisotopic (exact) mass is 291 g/mol. The SMILES string of the molecule is COc1ccc(CN[C@H](CO)c2ccccc2)cc1Cl. The van der Waals surface area contributed by atoms with Crippen LogP contribution in [0.15, 0.2) is 48.5 Å². The Labute approximate surface area is 124 Å². The summed E-state index contributed by atoms with van der Waals surface area (Å²) in [7, 11) is 1.59. The fourth-order valence-electron chi connectivity index (χ4n) is 2.03. The molecule has 2 N–H and O–H groups in total. The summed E-state index contributed by atoms with van der Waals surface area (Å²) in [4.78, 5) is 0. The molecule has 20 heavy (non-hydrogen) atoms.